The van der Waals surface area contributed by atoms with E-state index in [-0.39, 0.29) is 12.1 Å². The molecule has 0 amide bonds. The molecule has 2 nitrogen and oxygen atoms in total. The van der Waals surface area contributed by atoms with Crippen molar-refractivity contribution in [1.82, 2.24) is 5.32 Å². The summed E-state index contributed by atoms with van der Waals surface area (Å²) in [6.45, 7) is 0.686. The lowest BCUT2D eigenvalue weighted by molar-refractivity contribution is 0.146. The van der Waals surface area contributed by atoms with E-state index >= 15 is 0 Å². The van der Waals surface area contributed by atoms with Gasteiger partial charge < -0.3 is 10.4 Å². The molecular formula is C14H17NOS2. The summed E-state index contributed by atoms with van der Waals surface area (Å²) in [6, 6.07) is 8.72. The van der Waals surface area contributed by atoms with Crippen LogP contribution in [0.15, 0.2) is 35.0 Å². The van der Waals surface area contributed by atoms with Crippen LogP contribution in [0.4, 0.5) is 0 Å². The van der Waals surface area contributed by atoms with Crippen LogP contribution in [0.5, 0.6) is 0 Å². The Kier molecular flexibility index (Phi) is 3.80. The summed E-state index contributed by atoms with van der Waals surface area (Å²) in [5.74, 6) is 0.532. The first kappa shape index (κ1) is 12.4. The lowest BCUT2D eigenvalue weighted by Gasteiger charge is -2.18. The summed E-state index contributed by atoms with van der Waals surface area (Å²) in [7, 11) is 0. The molecule has 2 aromatic rings. The molecule has 18 heavy (non-hydrogen) atoms. The van der Waals surface area contributed by atoms with Gasteiger partial charge in [0.25, 0.3) is 0 Å². The first-order chi connectivity index (χ1) is 8.84. The van der Waals surface area contributed by atoms with Gasteiger partial charge in [-0.1, -0.05) is 12.1 Å². The maximum absolute atomic E-state index is 9.98. The van der Waals surface area contributed by atoms with Crippen LogP contribution in [-0.2, 0) is 0 Å². The number of thiophene rings is 2. The maximum Gasteiger partial charge on any atom is 0.0765 e. The Balaban J connectivity index is 1.69. The Hall–Kier alpha value is -0.680. The Morgan fingerprint density at radius 2 is 1.78 bits per heavy atom. The van der Waals surface area contributed by atoms with Crippen molar-refractivity contribution >= 4 is 22.7 Å². The van der Waals surface area contributed by atoms with Gasteiger partial charge in [-0.05, 0) is 41.7 Å². The molecule has 0 saturated heterocycles. The fourth-order valence-corrected chi connectivity index (χ4v) is 3.85. The molecular weight excluding hydrogens is 262 g/mol. The normalized spacial score (nSPS) is 17.2. The molecule has 0 aromatic carbocycles. The largest absolute Gasteiger partial charge is 0.392 e. The summed E-state index contributed by atoms with van der Waals surface area (Å²) in [5.41, 5.74) is 0. The van der Waals surface area contributed by atoms with E-state index in [4.69, 9.17) is 0 Å². The summed E-state index contributed by atoms with van der Waals surface area (Å²) in [6.07, 6.45) is 2.18. The maximum atomic E-state index is 9.98. The highest BCUT2D eigenvalue weighted by Gasteiger charge is 2.30. The zero-order valence-corrected chi connectivity index (χ0v) is 11.7. The molecule has 3 rings (SSSR count). The standard InChI is InChI=1S/C14H17NOS2/c16-11(10-5-6-10)9-15-14(12-3-1-7-17-12)13-4-2-8-18-13/h1-4,7-8,10-11,14-16H,5-6,9H2. The Labute approximate surface area is 115 Å². The molecule has 2 aromatic heterocycles. The summed E-state index contributed by atoms with van der Waals surface area (Å²) < 4.78 is 0. The van der Waals surface area contributed by atoms with Crippen molar-refractivity contribution in [2.45, 2.75) is 25.0 Å². The van der Waals surface area contributed by atoms with Gasteiger partial charge in [0.05, 0.1) is 12.1 Å². The zero-order valence-electron chi connectivity index (χ0n) is 10.1. The molecule has 1 aliphatic carbocycles. The lowest BCUT2D eigenvalue weighted by atomic mass is 10.1. The van der Waals surface area contributed by atoms with Crippen LogP contribution in [0.1, 0.15) is 28.6 Å². The minimum Gasteiger partial charge on any atom is -0.392 e. The first-order valence-corrected chi connectivity index (χ1v) is 8.09. The third kappa shape index (κ3) is 2.83. The zero-order chi connectivity index (χ0) is 12.4. The van der Waals surface area contributed by atoms with Gasteiger partial charge in [0.2, 0.25) is 0 Å². The Bertz CT molecular complexity index is 428. The minimum absolute atomic E-state index is 0.188. The number of aliphatic hydroxyl groups is 1. The van der Waals surface area contributed by atoms with Gasteiger partial charge >= 0.3 is 0 Å². The molecule has 2 heterocycles. The van der Waals surface area contributed by atoms with Gasteiger partial charge in [-0.25, -0.2) is 0 Å². The third-order valence-corrected chi connectivity index (χ3v) is 5.23. The fourth-order valence-electron chi connectivity index (χ4n) is 2.14. The highest BCUT2D eigenvalue weighted by atomic mass is 32.1. The lowest BCUT2D eigenvalue weighted by Crippen LogP contribution is -2.31. The number of rotatable bonds is 6. The van der Waals surface area contributed by atoms with Crippen molar-refractivity contribution < 1.29 is 5.11 Å². The molecule has 0 bridgehead atoms. The number of nitrogens with one attached hydrogen (secondary N) is 1. The number of hydrogen-bond acceptors (Lipinski definition) is 4. The molecule has 96 valence electrons. The molecule has 0 spiro atoms. The molecule has 1 unspecified atom stereocenters. The van der Waals surface area contributed by atoms with Crippen LogP contribution < -0.4 is 5.32 Å². The van der Waals surface area contributed by atoms with Crippen molar-refractivity contribution in [3.8, 4) is 0 Å². The van der Waals surface area contributed by atoms with E-state index < -0.39 is 0 Å². The van der Waals surface area contributed by atoms with Gasteiger partial charge in [-0.2, -0.15) is 0 Å². The first-order valence-electron chi connectivity index (χ1n) is 6.33. The van der Waals surface area contributed by atoms with Crippen molar-refractivity contribution in [3.63, 3.8) is 0 Å². The van der Waals surface area contributed by atoms with Gasteiger partial charge in [0, 0.05) is 16.3 Å². The van der Waals surface area contributed by atoms with Gasteiger partial charge in [0.1, 0.15) is 0 Å². The molecule has 1 saturated carbocycles. The smallest absolute Gasteiger partial charge is 0.0765 e. The SMILES string of the molecule is OC(CNC(c1cccs1)c1cccs1)C1CC1. The van der Waals surface area contributed by atoms with Crippen LogP contribution in [0.25, 0.3) is 0 Å². The van der Waals surface area contributed by atoms with E-state index in [0.717, 1.165) is 0 Å². The van der Waals surface area contributed by atoms with Crippen LogP contribution >= 0.6 is 22.7 Å². The average molecular weight is 279 g/mol. The highest BCUT2D eigenvalue weighted by molar-refractivity contribution is 7.11. The van der Waals surface area contributed by atoms with Gasteiger partial charge in [0.15, 0.2) is 0 Å². The second-order valence-electron chi connectivity index (χ2n) is 4.78. The molecule has 0 radical (unpaired) electrons. The second kappa shape index (κ2) is 5.53. The Morgan fingerprint density at radius 1 is 1.17 bits per heavy atom. The predicted molar refractivity (Wildman–Crippen MR) is 77.2 cm³/mol. The highest BCUT2D eigenvalue weighted by Crippen LogP contribution is 2.33. The van der Waals surface area contributed by atoms with Gasteiger partial charge in [-0.3, -0.25) is 0 Å². The molecule has 1 fully saturated rings. The Morgan fingerprint density at radius 3 is 2.22 bits per heavy atom. The van der Waals surface area contributed by atoms with Crippen molar-refractivity contribution in [2.24, 2.45) is 5.92 Å². The molecule has 1 aliphatic rings. The molecule has 1 atom stereocenters. The minimum atomic E-state index is -0.188. The number of aliphatic hydroxyl groups excluding tert-OH is 1. The van der Waals surface area contributed by atoms with E-state index in [9.17, 15) is 5.11 Å². The van der Waals surface area contributed by atoms with E-state index in [2.05, 4.69) is 40.3 Å². The van der Waals surface area contributed by atoms with E-state index in [1.165, 1.54) is 22.6 Å². The summed E-state index contributed by atoms with van der Waals surface area (Å²) >= 11 is 3.53. The summed E-state index contributed by atoms with van der Waals surface area (Å²) in [4.78, 5) is 2.64. The van der Waals surface area contributed by atoms with Gasteiger partial charge in [-0.15, -0.1) is 22.7 Å². The van der Waals surface area contributed by atoms with Crippen molar-refractivity contribution in [1.29, 1.82) is 0 Å². The van der Waals surface area contributed by atoms with Crippen LogP contribution in [0, 0.1) is 5.92 Å². The number of hydrogen-bond donors (Lipinski definition) is 2. The van der Waals surface area contributed by atoms with E-state index in [1.807, 2.05) is 0 Å². The van der Waals surface area contributed by atoms with Crippen molar-refractivity contribution in [3.05, 3.63) is 44.8 Å². The van der Waals surface area contributed by atoms with Crippen molar-refractivity contribution in [2.75, 3.05) is 6.54 Å². The fraction of sp³-hybridized carbons (Fsp3) is 0.429. The van der Waals surface area contributed by atoms with Crippen LogP contribution in [-0.4, -0.2) is 17.8 Å². The molecule has 4 heteroatoms. The third-order valence-electron chi connectivity index (χ3n) is 3.35. The van der Waals surface area contributed by atoms with E-state index in [0.29, 0.717) is 12.5 Å². The van der Waals surface area contributed by atoms with E-state index in [1.54, 1.807) is 22.7 Å². The predicted octanol–water partition coefficient (Wildman–Crippen LogP) is 3.26. The molecule has 2 N–H and O–H groups in total. The summed E-state index contributed by atoms with van der Waals surface area (Å²) in [5, 5.41) is 17.7. The topological polar surface area (TPSA) is 32.3 Å². The quantitative estimate of drug-likeness (QED) is 0.850. The van der Waals surface area contributed by atoms with Crippen LogP contribution in [0.2, 0.25) is 0 Å². The second-order valence-corrected chi connectivity index (χ2v) is 6.74. The molecule has 0 aliphatic heterocycles. The monoisotopic (exact) mass is 279 g/mol. The average Bonchev–Trinajstić information content (AvgIpc) is 2.89. The van der Waals surface area contributed by atoms with Crippen LogP contribution in [0.3, 0.4) is 0 Å².